The maximum absolute atomic E-state index is 18.5. The molecular weight excluding hydrogens is 1540 g/mol. The van der Waals surface area contributed by atoms with Crippen molar-refractivity contribution in [2.75, 3.05) is 34.3 Å². The van der Waals surface area contributed by atoms with Crippen molar-refractivity contribution in [3.05, 3.63) is 411 Å². The highest BCUT2D eigenvalue weighted by molar-refractivity contribution is 7.04. The Morgan fingerprint density at radius 3 is 0.664 bits per heavy atom. The van der Waals surface area contributed by atoms with Gasteiger partial charge in [0.25, 0.3) is 20.1 Å². The van der Waals surface area contributed by atoms with Crippen molar-refractivity contribution in [2.45, 2.75) is 0 Å². The number of ether oxygens (including phenoxy) is 2. The first-order valence-electron chi connectivity index (χ1n) is 40.0. The lowest BCUT2D eigenvalue weighted by atomic mass is 9.29. The van der Waals surface area contributed by atoms with Gasteiger partial charge in [0.05, 0.1) is 17.1 Å². The van der Waals surface area contributed by atoms with Crippen molar-refractivity contribution in [2.24, 2.45) is 0 Å². The second-order valence-electron chi connectivity index (χ2n) is 30.8. The molecule has 6 aliphatic rings. The molecule has 0 N–H and O–H groups in total. The standard InChI is InChI=1S/C102H60B3F8N7O2/c106-76-41-23-42-77(107)99(76)117-86-59-84-72(103-70-39-19-21-49-92(70)121-94-55-68(115(63-31-11-3-12-32-63)64-33-13-4-14-34-64)53-90(97(94)103)119(84)101-80(110)45-25-46-81(101)111)57-74(86)105-75-58-73-85(60-87(75)118(100-78(108)43-24-44-79(100)109)89-52-67(51-88(117)96(89)105)114(61-27-7-1-8-28-61)62-29-9-2-10-30-62)120(102-82(112)47-26-48-83(102)113)91-54-69(56-95-98(91)104(73)71-40-20-22-50-93(71)122-95)116(65-35-15-5-16-36-65)66-37-17-6-18-38-66/h1-60H. The van der Waals surface area contributed by atoms with Gasteiger partial charge in [-0.1, -0.05) is 182 Å². The van der Waals surface area contributed by atoms with Crippen LogP contribution in [0.1, 0.15) is 0 Å². The Bertz CT molecular complexity index is 6600. The largest absolute Gasteiger partial charge is 0.458 e. The van der Waals surface area contributed by atoms with Crippen LogP contribution in [0, 0.1) is 46.5 Å². The Labute approximate surface area is 697 Å². The van der Waals surface area contributed by atoms with Gasteiger partial charge >= 0.3 is 0 Å². The lowest BCUT2D eigenvalue weighted by Gasteiger charge is -2.48. The molecule has 0 aliphatic carbocycles. The molecule has 122 heavy (non-hydrogen) atoms. The van der Waals surface area contributed by atoms with Gasteiger partial charge in [-0.25, -0.2) is 35.1 Å². The summed E-state index contributed by atoms with van der Waals surface area (Å²) in [5, 5.41) is 0. The first-order chi connectivity index (χ1) is 59.9. The zero-order chi connectivity index (χ0) is 81.9. The second kappa shape index (κ2) is 28.1. The van der Waals surface area contributed by atoms with Gasteiger partial charge in [-0.05, 0) is 219 Å². The molecule has 23 rings (SSSR count). The normalized spacial score (nSPS) is 13.1. The van der Waals surface area contributed by atoms with Gasteiger partial charge < -0.3 is 43.8 Å². The fourth-order valence-electron chi connectivity index (χ4n) is 19.3. The molecule has 0 saturated carbocycles. The fraction of sp³-hybridized carbons (Fsp3) is 0. The Hall–Kier alpha value is -15.4. The van der Waals surface area contributed by atoms with Crippen LogP contribution < -0.4 is 92.9 Å². The van der Waals surface area contributed by atoms with Crippen molar-refractivity contribution in [3.63, 3.8) is 0 Å². The third-order valence-electron chi connectivity index (χ3n) is 24.1. The Morgan fingerprint density at radius 1 is 0.180 bits per heavy atom. The molecule has 20 heteroatoms. The zero-order valence-electron chi connectivity index (χ0n) is 64.3. The van der Waals surface area contributed by atoms with Gasteiger partial charge in [-0.3, -0.25) is 0 Å². The summed E-state index contributed by atoms with van der Waals surface area (Å²) < 4.78 is 161. The number of halogens is 8. The number of nitrogens with zero attached hydrogens (tertiary/aromatic N) is 7. The van der Waals surface area contributed by atoms with E-state index in [-0.39, 0.29) is 34.1 Å². The molecule has 6 aliphatic heterocycles. The van der Waals surface area contributed by atoms with Gasteiger partial charge in [-0.2, -0.15) is 0 Å². The predicted octanol–water partition coefficient (Wildman–Crippen LogP) is 22.1. The molecular formula is C102H60B3F8N7O2. The molecule has 0 unspecified atom stereocenters. The minimum atomic E-state index is -1.18. The van der Waals surface area contributed by atoms with E-state index in [1.807, 2.05) is 294 Å². The van der Waals surface area contributed by atoms with Crippen molar-refractivity contribution >= 4 is 189 Å². The molecule has 0 atom stereocenters. The van der Waals surface area contributed by atoms with Crippen LogP contribution in [0.15, 0.2) is 364 Å². The van der Waals surface area contributed by atoms with Crippen molar-refractivity contribution < 1.29 is 44.6 Å². The van der Waals surface area contributed by atoms with Gasteiger partial charge in [0.2, 0.25) is 0 Å². The topological polar surface area (TPSA) is 41.1 Å². The predicted molar refractivity (Wildman–Crippen MR) is 476 cm³/mol. The number of rotatable bonds is 13. The minimum Gasteiger partial charge on any atom is -0.458 e. The highest BCUT2D eigenvalue weighted by Gasteiger charge is 2.53. The maximum Gasteiger partial charge on any atom is 0.256 e. The molecule has 0 radical (unpaired) electrons. The van der Waals surface area contributed by atoms with Gasteiger partial charge in [-0.15, -0.1) is 0 Å². The maximum atomic E-state index is 18.5. The summed E-state index contributed by atoms with van der Waals surface area (Å²) in [6, 6.07) is 106. The van der Waals surface area contributed by atoms with E-state index in [4.69, 9.17) is 9.47 Å². The van der Waals surface area contributed by atoms with E-state index in [0.29, 0.717) is 112 Å². The Morgan fingerprint density at radius 2 is 0.402 bits per heavy atom. The van der Waals surface area contributed by atoms with Crippen LogP contribution in [-0.2, 0) is 0 Å². The monoisotopic (exact) mass is 1600 g/mol. The summed E-state index contributed by atoms with van der Waals surface area (Å²) in [6.07, 6.45) is 0. The van der Waals surface area contributed by atoms with Crippen LogP contribution in [0.25, 0.3) is 0 Å². The number of hydrogen-bond acceptors (Lipinski definition) is 9. The highest BCUT2D eigenvalue weighted by atomic mass is 19.2. The van der Waals surface area contributed by atoms with E-state index in [1.165, 1.54) is 68.1 Å². The van der Waals surface area contributed by atoms with Crippen LogP contribution in [0.4, 0.5) is 155 Å². The van der Waals surface area contributed by atoms with Gasteiger partial charge in [0.1, 0.15) is 92.3 Å². The molecule has 6 heterocycles. The molecule has 0 spiro atoms. The van der Waals surface area contributed by atoms with E-state index in [9.17, 15) is 0 Å². The first-order valence-corrected chi connectivity index (χ1v) is 40.0. The van der Waals surface area contributed by atoms with E-state index in [0.717, 1.165) is 47.0 Å². The first kappa shape index (κ1) is 71.9. The number of fused-ring (bicyclic) bond motifs is 12. The smallest absolute Gasteiger partial charge is 0.256 e. The molecule has 0 amide bonds. The van der Waals surface area contributed by atoms with Crippen LogP contribution in [0.3, 0.4) is 0 Å². The minimum absolute atomic E-state index is 0.121. The third kappa shape index (κ3) is 11.1. The fourth-order valence-corrected chi connectivity index (χ4v) is 19.3. The zero-order valence-corrected chi connectivity index (χ0v) is 64.3. The summed E-state index contributed by atoms with van der Waals surface area (Å²) in [6.45, 7) is -2.88. The number of benzene rings is 17. The summed E-state index contributed by atoms with van der Waals surface area (Å²) in [4.78, 5) is 12.0. The van der Waals surface area contributed by atoms with Crippen LogP contribution in [-0.4, -0.2) is 20.1 Å². The molecule has 0 fully saturated rings. The van der Waals surface area contributed by atoms with Crippen molar-refractivity contribution in [1.29, 1.82) is 0 Å². The molecule has 9 nitrogen and oxygen atoms in total. The number of anilines is 21. The van der Waals surface area contributed by atoms with E-state index < -0.39 is 89.4 Å². The van der Waals surface area contributed by atoms with Gasteiger partial charge in [0.15, 0.2) is 0 Å². The molecule has 17 aromatic rings. The van der Waals surface area contributed by atoms with Crippen LogP contribution >= 0.6 is 0 Å². The summed E-state index contributed by atoms with van der Waals surface area (Å²) in [5.41, 5.74) is 9.39. The third-order valence-corrected chi connectivity index (χ3v) is 24.1. The number of hydrogen-bond donors (Lipinski definition) is 0. The van der Waals surface area contributed by atoms with Crippen LogP contribution in [0.5, 0.6) is 23.0 Å². The second-order valence-corrected chi connectivity index (χ2v) is 30.8. The molecule has 580 valence electrons. The van der Waals surface area contributed by atoms with E-state index >= 15 is 35.1 Å². The quantitative estimate of drug-likeness (QED) is 0.0829. The average Bonchev–Trinajstić information content (AvgIpc) is 0.687. The summed E-state index contributed by atoms with van der Waals surface area (Å²) in [7, 11) is 0. The Balaban J connectivity index is 0.878. The van der Waals surface area contributed by atoms with Crippen molar-refractivity contribution in [1.82, 2.24) is 0 Å². The number of para-hydroxylation sites is 12. The van der Waals surface area contributed by atoms with Crippen molar-refractivity contribution in [3.8, 4) is 23.0 Å². The highest BCUT2D eigenvalue weighted by Crippen LogP contribution is 2.56. The Kier molecular flexibility index (Phi) is 16.6. The summed E-state index contributed by atoms with van der Waals surface area (Å²) in [5.74, 6) is -6.19. The van der Waals surface area contributed by atoms with E-state index in [1.54, 1.807) is 12.1 Å². The lowest BCUT2D eigenvalue weighted by Crippen LogP contribution is -2.66. The molecule has 17 aromatic carbocycles. The van der Waals surface area contributed by atoms with E-state index in [2.05, 4.69) is 0 Å². The van der Waals surface area contributed by atoms with Gasteiger partial charge in [0, 0.05) is 91.8 Å². The molecule has 0 bridgehead atoms. The molecule has 0 aromatic heterocycles. The average molecular weight is 1600 g/mol. The lowest BCUT2D eigenvalue weighted by molar-refractivity contribution is 0.487. The SMILES string of the molecule is Fc1cccc(F)c1N1c2cc3c(cc2B2c4ccccc4Oc4cc(N(c5ccccc5)c5ccccc5)cc1c42)B1c2cc4c(cc2N(c2c(F)cccc2F)c2cc(N(c5ccccc5)c5ccccc5)cc(c21)N3c1c(F)cccc1F)N(c1c(F)cccc1F)c1cc(N(c2ccccc2)c2ccccc2)cc2c1B4c1ccccc1O2. The van der Waals surface area contributed by atoms with Crippen LogP contribution in [0.2, 0.25) is 0 Å². The molecule has 0 saturated heterocycles. The summed E-state index contributed by atoms with van der Waals surface area (Å²) >= 11 is 0.